The molecule has 0 fully saturated rings. The lowest BCUT2D eigenvalue weighted by Gasteiger charge is -2.13. The molecule has 0 saturated carbocycles. The summed E-state index contributed by atoms with van der Waals surface area (Å²) in [4.78, 5) is 15.2. The first kappa shape index (κ1) is 22.9. The standard InChI is InChI=1S/C21H15Cl3FN3O3/c22-13-5-11(9-26)6-15(7-13)31-20-16(23)2-1-12(18(20)25)10-27-21(30)19-17(24)8-14(28-19)3-4-29/h1-2,5-8,28-29H,3-4,10H2,(H,27,30). The Labute approximate surface area is 192 Å². The van der Waals surface area contributed by atoms with Gasteiger partial charge in [-0.15, -0.1) is 0 Å². The van der Waals surface area contributed by atoms with E-state index in [1.165, 1.54) is 30.3 Å². The van der Waals surface area contributed by atoms with Gasteiger partial charge < -0.3 is 20.1 Å². The summed E-state index contributed by atoms with van der Waals surface area (Å²) in [6.45, 7) is -0.263. The molecular weight excluding hydrogens is 468 g/mol. The molecule has 0 unspecified atom stereocenters. The van der Waals surface area contributed by atoms with Crippen LogP contribution in [0.2, 0.25) is 15.1 Å². The van der Waals surface area contributed by atoms with Crippen LogP contribution in [-0.4, -0.2) is 22.6 Å². The van der Waals surface area contributed by atoms with E-state index < -0.39 is 11.7 Å². The van der Waals surface area contributed by atoms with Gasteiger partial charge in [-0.3, -0.25) is 4.79 Å². The largest absolute Gasteiger partial charge is 0.453 e. The molecule has 0 atom stereocenters. The summed E-state index contributed by atoms with van der Waals surface area (Å²) < 4.78 is 20.6. The van der Waals surface area contributed by atoms with Gasteiger partial charge in [-0.05, 0) is 30.3 Å². The third-order valence-electron chi connectivity index (χ3n) is 4.22. The highest BCUT2D eigenvalue weighted by Crippen LogP contribution is 2.35. The average Bonchev–Trinajstić information content (AvgIpc) is 3.10. The Morgan fingerprint density at radius 1 is 1.19 bits per heavy atom. The fourth-order valence-corrected chi connectivity index (χ4v) is 3.45. The molecule has 1 heterocycles. The Kier molecular flexibility index (Phi) is 7.42. The number of rotatable bonds is 7. The van der Waals surface area contributed by atoms with E-state index in [1.54, 1.807) is 6.07 Å². The molecule has 10 heteroatoms. The van der Waals surface area contributed by atoms with Gasteiger partial charge >= 0.3 is 0 Å². The summed E-state index contributed by atoms with van der Waals surface area (Å²) >= 11 is 18.1. The molecule has 3 N–H and O–H groups in total. The number of ether oxygens (including phenoxy) is 1. The van der Waals surface area contributed by atoms with Crippen molar-refractivity contribution in [3.8, 4) is 17.6 Å². The van der Waals surface area contributed by atoms with Crippen molar-refractivity contribution in [2.75, 3.05) is 6.61 Å². The second-order valence-electron chi connectivity index (χ2n) is 6.41. The number of aromatic amines is 1. The summed E-state index contributed by atoms with van der Waals surface area (Å²) in [6, 6.07) is 10.6. The maximum Gasteiger partial charge on any atom is 0.269 e. The van der Waals surface area contributed by atoms with E-state index in [1.807, 2.05) is 6.07 Å². The van der Waals surface area contributed by atoms with Crippen molar-refractivity contribution in [3.05, 3.63) is 79.8 Å². The van der Waals surface area contributed by atoms with Crippen LogP contribution in [0.5, 0.6) is 11.5 Å². The number of amides is 1. The minimum atomic E-state index is -0.773. The molecule has 0 saturated heterocycles. The Balaban J connectivity index is 1.79. The molecule has 1 aromatic heterocycles. The van der Waals surface area contributed by atoms with Gasteiger partial charge in [0.05, 0.1) is 21.7 Å². The molecule has 0 aliphatic carbocycles. The van der Waals surface area contributed by atoms with Gasteiger partial charge in [-0.1, -0.05) is 40.9 Å². The highest BCUT2D eigenvalue weighted by molar-refractivity contribution is 6.33. The summed E-state index contributed by atoms with van der Waals surface area (Å²) in [5, 5.41) is 21.0. The molecule has 3 rings (SSSR count). The SMILES string of the molecule is N#Cc1cc(Cl)cc(Oc2c(Cl)ccc(CNC(=O)c3[nH]c(CCO)cc3Cl)c2F)c1. The number of carbonyl (C=O) groups is 1. The van der Waals surface area contributed by atoms with Crippen LogP contribution < -0.4 is 10.1 Å². The van der Waals surface area contributed by atoms with Crippen molar-refractivity contribution < 1.29 is 19.0 Å². The molecule has 31 heavy (non-hydrogen) atoms. The maximum absolute atomic E-state index is 15.0. The summed E-state index contributed by atoms with van der Waals surface area (Å²) in [5.74, 6) is -1.44. The lowest BCUT2D eigenvalue weighted by molar-refractivity contribution is 0.0946. The lowest BCUT2D eigenvalue weighted by Crippen LogP contribution is -2.24. The summed E-state index contributed by atoms with van der Waals surface area (Å²) in [7, 11) is 0. The second kappa shape index (κ2) is 10.0. The fraction of sp³-hybridized carbons (Fsp3) is 0.143. The fourth-order valence-electron chi connectivity index (χ4n) is 2.77. The van der Waals surface area contributed by atoms with Crippen LogP contribution in [0.1, 0.15) is 27.3 Å². The van der Waals surface area contributed by atoms with Crippen LogP contribution in [-0.2, 0) is 13.0 Å². The monoisotopic (exact) mass is 481 g/mol. The van der Waals surface area contributed by atoms with Gasteiger partial charge in [0.15, 0.2) is 11.6 Å². The summed E-state index contributed by atoms with van der Waals surface area (Å²) in [6.07, 6.45) is 0.316. The van der Waals surface area contributed by atoms with E-state index in [4.69, 9.17) is 49.9 Å². The van der Waals surface area contributed by atoms with Crippen molar-refractivity contribution in [3.63, 3.8) is 0 Å². The molecule has 0 aliphatic rings. The zero-order valence-corrected chi connectivity index (χ0v) is 18.1. The highest BCUT2D eigenvalue weighted by atomic mass is 35.5. The zero-order valence-electron chi connectivity index (χ0n) is 15.8. The number of halogens is 4. The molecule has 160 valence electrons. The van der Waals surface area contributed by atoms with Crippen LogP contribution in [0, 0.1) is 17.1 Å². The van der Waals surface area contributed by atoms with Crippen LogP contribution in [0.3, 0.4) is 0 Å². The van der Waals surface area contributed by atoms with E-state index in [0.29, 0.717) is 12.1 Å². The minimum Gasteiger partial charge on any atom is -0.453 e. The Morgan fingerprint density at radius 3 is 2.68 bits per heavy atom. The first-order chi connectivity index (χ1) is 14.8. The predicted molar refractivity (Wildman–Crippen MR) is 115 cm³/mol. The highest BCUT2D eigenvalue weighted by Gasteiger charge is 2.18. The summed E-state index contributed by atoms with van der Waals surface area (Å²) in [5.41, 5.74) is 1.07. The number of benzene rings is 2. The number of aliphatic hydroxyl groups is 1. The molecule has 6 nitrogen and oxygen atoms in total. The van der Waals surface area contributed by atoms with Gasteiger partial charge in [0.1, 0.15) is 11.4 Å². The first-order valence-corrected chi connectivity index (χ1v) is 10.1. The van der Waals surface area contributed by atoms with Gasteiger partial charge in [0.25, 0.3) is 5.91 Å². The zero-order chi connectivity index (χ0) is 22.5. The van der Waals surface area contributed by atoms with Crippen LogP contribution in [0.4, 0.5) is 4.39 Å². The van der Waals surface area contributed by atoms with Gasteiger partial charge in [0.2, 0.25) is 0 Å². The molecule has 0 radical (unpaired) electrons. The number of hydrogen-bond donors (Lipinski definition) is 3. The van der Waals surface area contributed by atoms with E-state index in [0.717, 1.165) is 0 Å². The Bertz CT molecular complexity index is 1170. The van der Waals surface area contributed by atoms with Crippen LogP contribution in [0.15, 0.2) is 36.4 Å². The maximum atomic E-state index is 15.0. The number of aromatic nitrogens is 1. The molecule has 2 aromatic carbocycles. The average molecular weight is 483 g/mol. The Hall–Kier alpha value is -2.76. The van der Waals surface area contributed by atoms with E-state index >= 15 is 4.39 Å². The molecule has 3 aromatic rings. The molecule has 0 bridgehead atoms. The predicted octanol–water partition coefficient (Wildman–Crippen LogP) is 5.24. The first-order valence-electron chi connectivity index (χ1n) is 8.94. The molecule has 0 spiro atoms. The van der Waals surface area contributed by atoms with E-state index in [-0.39, 0.29) is 56.5 Å². The van der Waals surface area contributed by atoms with Crippen LogP contribution >= 0.6 is 34.8 Å². The van der Waals surface area contributed by atoms with Crippen molar-refractivity contribution in [1.82, 2.24) is 10.3 Å². The van der Waals surface area contributed by atoms with Crippen molar-refractivity contribution in [1.29, 1.82) is 5.26 Å². The smallest absolute Gasteiger partial charge is 0.269 e. The number of H-pyrrole nitrogens is 1. The third-order valence-corrected chi connectivity index (χ3v) is 5.04. The normalized spacial score (nSPS) is 10.6. The van der Waals surface area contributed by atoms with Gasteiger partial charge in [-0.25, -0.2) is 4.39 Å². The van der Waals surface area contributed by atoms with Crippen molar-refractivity contribution in [2.45, 2.75) is 13.0 Å². The van der Waals surface area contributed by atoms with Crippen molar-refractivity contribution >= 4 is 40.7 Å². The quantitative estimate of drug-likeness (QED) is 0.429. The van der Waals surface area contributed by atoms with E-state index in [2.05, 4.69) is 10.3 Å². The molecule has 0 aliphatic heterocycles. The lowest BCUT2D eigenvalue weighted by atomic mass is 10.2. The number of carbonyl (C=O) groups excluding carboxylic acids is 1. The van der Waals surface area contributed by atoms with E-state index in [9.17, 15) is 4.79 Å². The van der Waals surface area contributed by atoms with Crippen molar-refractivity contribution in [2.24, 2.45) is 0 Å². The number of hydrogen-bond acceptors (Lipinski definition) is 4. The Morgan fingerprint density at radius 2 is 1.97 bits per heavy atom. The number of aliphatic hydroxyl groups excluding tert-OH is 1. The van der Waals surface area contributed by atoms with Gasteiger partial charge in [0, 0.05) is 35.9 Å². The molecule has 1 amide bonds. The second-order valence-corrected chi connectivity index (χ2v) is 7.66. The number of nitriles is 1. The molecular formula is C21H15Cl3FN3O3. The van der Waals surface area contributed by atoms with Crippen LogP contribution in [0.25, 0.3) is 0 Å². The third kappa shape index (κ3) is 5.49. The minimum absolute atomic E-state index is 0.00659. The van der Waals surface area contributed by atoms with Gasteiger partial charge in [-0.2, -0.15) is 5.26 Å². The topological polar surface area (TPSA) is 98.1 Å². The number of nitrogens with zero attached hydrogens (tertiary/aromatic N) is 1. The number of nitrogens with one attached hydrogen (secondary N) is 2.